The number of methoxy groups -OCH3 is 2. The van der Waals surface area contributed by atoms with Crippen LogP contribution in [0.2, 0.25) is 5.02 Å². The van der Waals surface area contributed by atoms with Crippen molar-refractivity contribution >= 4 is 51.0 Å². The van der Waals surface area contributed by atoms with Crippen LogP contribution in [0, 0.1) is 5.82 Å². The number of aromatic carboxylic acids is 1. The summed E-state index contributed by atoms with van der Waals surface area (Å²) in [5, 5.41) is 14.1. The molecule has 3 aromatic carbocycles. The minimum Gasteiger partial charge on any atom is -0.496 e. The van der Waals surface area contributed by atoms with E-state index >= 15 is 0 Å². The molecule has 2 aromatic heterocycles. The molecule has 0 spiro atoms. The number of pyridine rings is 1. The zero-order valence-corrected chi connectivity index (χ0v) is 19.8. The Labute approximate surface area is 209 Å². The second kappa shape index (κ2) is 9.27. The molecule has 10 heteroatoms. The fraction of sp³-hybridized carbons (Fsp3) is 0.0769. The summed E-state index contributed by atoms with van der Waals surface area (Å²) in [5.41, 5.74) is 2.09. The van der Waals surface area contributed by atoms with Gasteiger partial charge in [-0.05, 0) is 36.4 Å². The largest absolute Gasteiger partial charge is 0.496 e. The van der Waals surface area contributed by atoms with Gasteiger partial charge in [-0.1, -0.05) is 23.7 Å². The molecule has 0 aliphatic rings. The lowest BCUT2D eigenvalue weighted by Crippen LogP contribution is -2.03. The first-order valence-corrected chi connectivity index (χ1v) is 11.0. The summed E-state index contributed by atoms with van der Waals surface area (Å²) in [6.45, 7) is 0. The average Bonchev–Trinajstić information content (AvgIpc) is 2.88. The van der Waals surface area contributed by atoms with Gasteiger partial charge in [-0.2, -0.15) is 0 Å². The predicted octanol–water partition coefficient (Wildman–Crippen LogP) is 6.10. The zero-order chi connectivity index (χ0) is 25.4. The fourth-order valence-electron chi connectivity index (χ4n) is 3.98. The van der Waals surface area contributed by atoms with Crippen LogP contribution in [-0.2, 0) is 0 Å². The van der Waals surface area contributed by atoms with Crippen molar-refractivity contribution in [2.75, 3.05) is 19.5 Å². The van der Waals surface area contributed by atoms with Crippen molar-refractivity contribution in [3.05, 3.63) is 77.2 Å². The van der Waals surface area contributed by atoms with Gasteiger partial charge in [0.05, 0.1) is 31.7 Å². The summed E-state index contributed by atoms with van der Waals surface area (Å²) in [6, 6.07) is 14.3. The van der Waals surface area contributed by atoms with E-state index in [9.17, 15) is 14.3 Å². The molecule has 0 fully saturated rings. The molecule has 0 unspecified atom stereocenters. The lowest BCUT2D eigenvalue weighted by molar-refractivity contribution is 0.0693. The Morgan fingerprint density at radius 1 is 1.00 bits per heavy atom. The second-order valence-electron chi connectivity index (χ2n) is 7.74. The molecule has 36 heavy (non-hydrogen) atoms. The van der Waals surface area contributed by atoms with E-state index in [0.717, 1.165) is 0 Å². The van der Waals surface area contributed by atoms with Gasteiger partial charge in [0, 0.05) is 27.5 Å². The number of rotatable bonds is 6. The van der Waals surface area contributed by atoms with Gasteiger partial charge in [0.1, 0.15) is 33.9 Å². The Hall–Kier alpha value is -4.50. The van der Waals surface area contributed by atoms with Crippen molar-refractivity contribution in [2.45, 2.75) is 0 Å². The van der Waals surface area contributed by atoms with E-state index in [2.05, 4.69) is 20.3 Å². The molecular formula is C26H18ClFN4O4. The van der Waals surface area contributed by atoms with Crippen LogP contribution in [0.1, 0.15) is 10.4 Å². The van der Waals surface area contributed by atoms with Crippen LogP contribution in [0.3, 0.4) is 0 Å². The van der Waals surface area contributed by atoms with Crippen molar-refractivity contribution in [3.63, 3.8) is 0 Å². The molecule has 5 rings (SSSR count). The normalized spacial score (nSPS) is 11.0. The van der Waals surface area contributed by atoms with E-state index < -0.39 is 11.8 Å². The van der Waals surface area contributed by atoms with Gasteiger partial charge in [-0.3, -0.25) is 0 Å². The van der Waals surface area contributed by atoms with Crippen molar-refractivity contribution < 1.29 is 23.8 Å². The van der Waals surface area contributed by atoms with Crippen LogP contribution >= 0.6 is 11.6 Å². The summed E-state index contributed by atoms with van der Waals surface area (Å²) in [6.07, 6.45) is 1.53. The monoisotopic (exact) mass is 504 g/mol. The van der Waals surface area contributed by atoms with Gasteiger partial charge in [0.2, 0.25) is 5.95 Å². The number of fused-ring (bicyclic) bond motifs is 3. The summed E-state index contributed by atoms with van der Waals surface area (Å²) < 4.78 is 25.5. The lowest BCUT2D eigenvalue weighted by Gasteiger charge is -2.14. The van der Waals surface area contributed by atoms with Gasteiger partial charge in [-0.25, -0.2) is 24.1 Å². The maximum Gasteiger partial charge on any atom is 0.339 e. The minimum absolute atomic E-state index is 0.0330. The number of hydrogen-bond acceptors (Lipinski definition) is 7. The third kappa shape index (κ3) is 4.09. The first-order valence-electron chi connectivity index (χ1n) is 10.7. The van der Waals surface area contributed by atoms with Crippen molar-refractivity contribution in [1.29, 1.82) is 0 Å². The van der Waals surface area contributed by atoms with E-state index in [1.807, 2.05) is 0 Å². The molecule has 0 saturated heterocycles. The van der Waals surface area contributed by atoms with Crippen LogP contribution in [0.5, 0.6) is 11.5 Å². The molecule has 5 aromatic rings. The Bertz CT molecular complexity index is 1660. The molecule has 0 bridgehead atoms. The molecular weight excluding hydrogens is 487 g/mol. The molecule has 180 valence electrons. The zero-order valence-electron chi connectivity index (χ0n) is 19.0. The van der Waals surface area contributed by atoms with Crippen molar-refractivity contribution in [1.82, 2.24) is 15.0 Å². The summed E-state index contributed by atoms with van der Waals surface area (Å²) >= 11 is 6.29. The number of aromatic nitrogens is 3. The molecule has 8 nitrogen and oxygen atoms in total. The van der Waals surface area contributed by atoms with E-state index in [1.54, 1.807) is 42.5 Å². The number of benzene rings is 3. The Kier molecular flexibility index (Phi) is 5.99. The van der Waals surface area contributed by atoms with Crippen LogP contribution < -0.4 is 14.8 Å². The number of carboxylic acids is 1. The van der Waals surface area contributed by atoms with Gasteiger partial charge < -0.3 is 19.9 Å². The van der Waals surface area contributed by atoms with Crippen molar-refractivity contribution in [3.8, 4) is 22.8 Å². The average molecular weight is 505 g/mol. The van der Waals surface area contributed by atoms with Crippen LogP contribution in [0.4, 0.5) is 16.0 Å². The number of ether oxygens (including phenoxy) is 2. The van der Waals surface area contributed by atoms with E-state index in [4.69, 9.17) is 21.1 Å². The molecule has 2 N–H and O–H groups in total. The molecule has 0 amide bonds. The molecule has 2 heterocycles. The fourth-order valence-corrected chi connectivity index (χ4v) is 4.16. The Morgan fingerprint density at radius 3 is 2.56 bits per heavy atom. The number of anilines is 2. The molecule has 0 saturated carbocycles. The van der Waals surface area contributed by atoms with Gasteiger partial charge in [-0.15, -0.1) is 0 Å². The highest BCUT2D eigenvalue weighted by molar-refractivity contribution is 6.31. The maximum atomic E-state index is 15.0. The van der Waals surface area contributed by atoms with Gasteiger partial charge in [0.25, 0.3) is 0 Å². The third-order valence-corrected chi connectivity index (χ3v) is 5.85. The smallest absolute Gasteiger partial charge is 0.339 e. The number of nitrogens with zero attached hydrogens (tertiary/aromatic N) is 3. The third-order valence-electron chi connectivity index (χ3n) is 5.61. The SMILES string of the molecule is COc1cc(Nc2ncc3nc(-c4c(F)cccc4OC)c4cc(Cl)ccc4c3n2)ccc1C(=O)O. The predicted molar refractivity (Wildman–Crippen MR) is 135 cm³/mol. The number of carboxylic acid groups (broad SMARTS) is 1. The van der Waals surface area contributed by atoms with Crippen molar-refractivity contribution in [2.24, 2.45) is 0 Å². The number of nitrogens with one attached hydrogen (secondary N) is 1. The minimum atomic E-state index is -1.10. The number of hydrogen-bond donors (Lipinski definition) is 2. The van der Waals surface area contributed by atoms with Crippen LogP contribution in [-0.4, -0.2) is 40.2 Å². The number of carbonyl (C=O) groups is 1. The standard InChI is InChI=1S/C26H18ClFN4O4/c1-35-20-5-3-4-18(28)22(20)24-17-10-13(27)6-8-15(17)23-19(31-24)12-29-26(32-23)30-14-7-9-16(25(33)34)21(11-14)36-2/h3-12H,1-2H3,(H,33,34)(H,29,30,32). The van der Waals surface area contributed by atoms with Gasteiger partial charge in [0.15, 0.2) is 0 Å². The van der Waals surface area contributed by atoms with Gasteiger partial charge >= 0.3 is 5.97 Å². The lowest BCUT2D eigenvalue weighted by atomic mass is 10.0. The molecule has 0 radical (unpaired) electrons. The highest BCUT2D eigenvalue weighted by atomic mass is 35.5. The molecule has 0 aliphatic heterocycles. The topological polar surface area (TPSA) is 106 Å². The van der Waals surface area contributed by atoms with E-state index in [0.29, 0.717) is 44.0 Å². The first kappa shape index (κ1) is 23.3. The molecule has 0 atom stereocenters. The summed E-state index contributed by atoms with van der Waals surface area (Å²) in [5.74, 6) is -0.805. The summed E-state index contributed by atoms with van der Waals surface area (Å²) in [7, 11) is 2.86. The second-order valence-corrected chi connectivity index (χ2v) is 8.18. The van der Waals surface area contributed by atoms with Crippen LogP contribution in [0.15, 0.2) is 60.8 Å². The number of halogens is 2. The van der Waals surface area contributed by atoms with E-state index in [-0.39, 0.29) is 22.8 Å². The Morgan fingerprint density at radius 2 is 1.81 bits per heavy atom. The quantitative estimate of drug-likeness (QED) is 0.267. The summed E-state index contributed by atoms with van der Waals surface area (Å²) in [4.78, 5) is 25.0. The Balaban J connectivity index is 1.67. The van der Waals surface area contributed by atoms with Crippen LogP contribution in [0.25, 0.3) is 33.1 Å². The molecule has 0 aliphatic carbocycles. The van der Waals surface area contributed by atoms with E-state index in [1.165, 1.54) is 32.5 Å². The maximum absolute atomic E-state index is 15.0. The first-order chi connectivity index (χ1) is 17.4. The highest BCUT2D eigenvalue weighted by Gasteiger charge is 2.19. The highest BCUT2D eigenvalue weighted by Crippen LogP contribution is 2.39.